The second-order valence-corrected chi connectivity index (χ2v) is 13.7. The van der Waals surface area contributed by atoms with Crippen LogP contribution in [-0.4, -0.2) is 64.7 Å². The van der Waals surface area contributed by atoms with Crippen LogP contribution in [0.2, 0.25) is 0 Å². The molecule has 4 rings (SSSR count). The number of carbonyl (C=O) groups is 4. The lowest BCUT2D eigenvalue weighted by atomic mass is 9.91. The maximum Gasteiger partial charge on any atom is 0.408 e. The molecule has 3 aromatic carbocycles. The summed E-state index contributed by atoms with van der Waals surface area (Å²) in [6.07, 6.45) is 2.83. The van der Waals surface area contributed by atoms with E-state index in [2.05, 4.69) is 26.3 Å². The molecule has 11 heteroatoms. The minimum Gasteiger partial charge on any atom is -0.445 e. The number of rotatable bonds is 19. The third-order valence-corrected chi connectivity index (χ3v) is 9.64. The maximum atomic E-state index is 14.2. The van der Waals surface area contributed by atoms with Gasteiger partial charge in [-0.15, -0.1) is 0 Å². The molecule has 11 nitrogen and oxygen atoms in total. The summed E-state index contributed by atoms with van der Waals surface area (Å²) in [6.45, 7) is 8.41. The van der Waals surface area contributed by atoms with E-state index in [9.17, 15) is 24.3 Å². The van der Waals surface area contributed by atoms with Gasteiger partial charge in [0.25, 0.3) is 0 Å². The minimum absolute atomic E-state index is 0.0102. The van der Waals surface area contributed by atoms with Crippen molar-refractivity contribution < 1.29 is 29.0 Å². The Labute approximate surface area is 312 Å². The van der Waals surface area contributed by atoms with Crippen molar-refractivity contribution in [1.29, 1.82) is 0 Å². The second-order valence-electron chi connectivity index (χ2n) is 13.7. The molecule has 5 N–H and O–H groups in total. The second kappa shape index (κ2) is 20.7. The molecule has 0 aliphatic rings. The van der Waals surface area contributed by atoms with Gasteiger partial charge in [0.05, 0.1) is 18.6 Å². The van der Waals surface area contributed by atoms with Gasteiger partial charge in [-0.2, -0.15) is 0 Å². The third kappa shape index (κ3) is 12.7. The molecular formula is C42H53N5O6. The maximum absolute atomic E-state index is 14.2. The molecule has 0 aliphatic heterocycles. The van der Waals surface area contributed by atoms with Gasteiger partial charge in [-0.05, 0) is 45.4 Å². The summed E-state index contributed by atoms with van der Waals surface area (Å²) in [5.74, 6) is -1.33. The van der Waals surface area contributed by atoms with Crippen LogP contribution in [0.4, 0.5) is 4.79 Å². The lowest BCUT2D eigenvalue weighted by Crippen LogP contribution is -2.58. The van der Waals surface area contributed by atoms with Gasteiger partial charge in [0, 0.05) is 31.8 Å². The quantitative estimate of drug-likeness (QED) is 0.0885. The first-order valence-electron chi connectivity index (χ1n) is 18.5. The molecule has 0 spiro atoms. The number of pyridine rings is 1. The monoisotopic (exact) mass is 723 g/mol. The van der Waals surface area contributed by atoms with Crippen LogP contribution >= 0.6 is 0 Å². The van der Waals surface area contributed by atoms with Gasteiger partial charge in [0.2, 0.25) is 17.7 Å². The molecule has 4 amide bonds. The first kappa shape index (κ1) is 40.5. The Morgan fingerprint density at radius 3 is 2.15 bits per heavy atom. The summed E-state index contributed by atoms with van der Waals surface area (Å²) in [4.78, 5) is 58.4. The molecule has 4 aromatic rings. The molecule has 0 radical (unpaired) electrons. The molecule has 53 heavy (non-hydrogen) atoms. The van der Waals surface area contributed by atoms with Crippen LogP contribution in [0.5, 0.6) is 0 Å². The first-order chi connectivity index (χ1) is 25.6. The summed E-state index contributed by atoms with van der Waals surface area (Å²) >= 11 is 0. The summed E-state index contributed by atoms with van der Waals surface area (Å²) in [6, 6.07) is 23.3. The highest BCUT2D eigenvalue weighted by Gasteiger charge is 2.33. The number of nitrogens with zero attached hydrogens (tertiary/aromatic N) is 1. The van der Waals surface area contributed by atoms with Crippen molar-refractivity contribution in [2.24, 2.45) is 11.8 Å². The van der Waals surface area contributed by atoms with E-state index in [1.54, 1.807) is 24.5 Å². The van der Waals surface area contributed by atoms with E-state index in [-0.39, 0.29) is 37.7 Å². The van der Waals surface area contributed by atoms with Gasteiger partial charge in [0.15, 0.2) is 0 Å². The predicted octanol–water partition coefficient (Wildman–Crippen LogP) is 5.24. The number of fused-ring (bicyclic) bond motifs is 1. The zero-order valence-electron chi connectivity index (χ0n) is 31.1. The largest absolute Gasteiger partial charge is 0.445 e. The minimum atomic E-state index is -1.17. The van der Waals surface area contributed by atoms with Crippen LogP contribution < -0.4 is 21.3 Å². The molecule has 6 atom stereocenters. The molecule has 1 aromatic heterocycles. The van der Waals surface area contributed by atoms with E-state index >= 15 is 0 Å². The number of aliphatic hydroxyl groups excluding tert-OH is 1. The third-order valence-electron chi connectivity index (χ3n) is 9.64. The number of ether oxygens (including phenoxy) is 1. The van der Waals surface area contributed by atoms with Crippen molar-refractivity contribution in [3.63, 3.8) is 0 Å². The van der Waals surface area contributed by atoms with Crippen molar-refractivity contribution in [1.82, 2.24) is 26.3 Å². The van der Waals surface area contributed by atoms with Crippen LogP contribution in [0, 0.1) is 11.8 Å². The Balaban J connectivity index is 1.57. The average Bonchev–Trinajstić information content (AvgIpc) is 3.18. The van der Waals surface area contributed by atoms with Crippen molar-refractivity contribution in [3.05, 3.63) is 114 Å². The predicted molar refractivity (Wildman–Crippen MR) is 206 cm³/mol. The van der Waals surface area contributed by atoms with E-state index in [0.29, 0.717) is 24.4 Å². The number of nitrogens with one attached hydrogen (secondary N) is 4. The Bertz CT molecular complexity index is 1770. The SMILES string of the molecule is CCC(C)CNC(=O)C[C@H](O)[C@@H](NC(=O)C(Cc1cccnc1)NC(=O)[C@H](Cc1cccc2ccccc12)NC(=O)OCc1ccccc1)C(C)CC. The molecule has 0 fully saturated rings. The molecule has 0 saturated heterocycles. The fraction of sp³-hybridized carbons (Fsp3) is 0.405. The molecule has 0 bridgehead atoms. The fourth-order valence-electron chi connectivity index (χ4n) is 6.00. The van der Waals surface area contributed by atoms with Crippen LogP contribution in [-0.2, 0) is 38.6 Å². The first-order valence-corrected chi connectivity index (χ1v) is 18.5. The zero-order valence-corrected chi connectivity index (χ0v) is 31.1. The summed E-state index contributed by atoms with van der Waals surface area (Å²) in [5, 5.41) is 24.6. The number of hydrogen-bond acceptors (Lipinski definition) is 7. The lowest BCUT2D eigenvalue weighted by Gasteiger charge is -2.31. The van der Waals surface area contributed by atoms with E-state index in [0.717, 1.165) is 28.3 Å². The lowest BCUT2D eigenvalue weighted by molar-refractivity contribution is -0.131. The van der Waals surface area contributed by atoms with Gasteiger partial charge in [0.1, 0.15) is 18.7 Å². The molecule has 1 heterocycles. The Morgan fingerprint density at radius 1 is 0.755 bits per heavy atom. The standard InChI is InChI=1S/C42H53N5O6/c1-5-28(3)25-44-38(49)24-37(48)39(29(4)6-2)47-41(51)35(22-31-16-13-21-43-26-31)45-40(50)36(46-42(52)53-27-30-14-8-7-9-15-30)23-33-19-12-18-32-17-10-11-20-34(32)33/h7-21,26,28-29,35-37,39,48H,5-6,22-25,27H2,1-4H3,(H,44,49)(H,45,50)(H,46,52)(H,47,51)/t28?,29?,35?,36-,37-,39-/m0/s1. The molecule has 0 aliphatic carbocycles. The zero-order chi connectivity index (χ0) is 38.2. The fourth-order valence-corrected chi connectivity index (χ4v) is 6.00. The van der Waals surface area contributed by atoms with E-state index in [1.165, 1.54) is 0 Å². The molecular weight excluding hydrogens is 670 g/mol. The van der Waals surface area contributed by atoms with Gasteiger partial charge in [-0.25, -0.2) is 4.79 Å². The van der Waals surface area contributed by atoms with E-state index < -0.39 is 42.1 Å². The topological polar surface area (TPSA) is 159 Å². The number of aromatic nitrogens is 1. The Hall–Kier alpha value is -5.29. The number of benzene rings is 3. The summed E-state index contributed by atoms with van der Waals surface area (Å²) < 4.78 is 5.49. The number of amides is 4. The van der Waals surface area contributed by atoms with E-state index in [4.69, 9.17) is 4.74 Å². The number of aliphatic hydroxyl groups is 1. The highest BCUT2D eigenvalue weighted by Crippen LogP contribution is 2.21. The van der Waals surface area contributed by atoms with Crippen LogP contribution in [0.25, 0.3) is 10.8 Å². The highest BCUT2D eigenvalue weighted by atomic mass is 16.5. The van der Waals surface area contributed by atoms with Crippen molar-refractivity contribution in [2.45, 2.75) is 90.6 Å². The van der Waals surface area contributed by atoms with E-state index in [1.807, 2.05) is 100 Å². The van der Waals surface area contributed by atoms with Crippen molar-refractivity contribution in [2.75, 3.05) is 6.54 Å². The summed E-state index contributed by atoms with van der Waals surface area (Å²) in [7, 11) is 0. The molecule has 0 saturated carbocycles. The molecule has 282 valence electrons. The van der Waals surface area contributed by atoms with Gasteiger partial charge in [-0.3, -0.25) is 19.4 Å². The Kier molecular flexibility index (Phi) is 15.8. The van der Waals surface area contributed by atoms with Gasteiger partial charge < -0.3 is 31.1 Å². The van der Waals surface area contributed by atoms with Crippen molar-refractivity contribution in [3.8, 4) is 0 Å². The smallest absolute Gasteiger partial charge is 0.408 e. The normalized spacial score (nSPS) is 14.5. The molecule has 3 unspecified atom stereocenters. The van der Waals surface area contributed by atoms with Crippen LogP contribution in [0.15, 0.2) is 97.3 Å². The van der Waals surface area contributed by atoms with Gasteiger partial charge >= 0.3 is 6.09 Å². The number of hydrogen-bond donors (Lipinski definition) is 5. The Morgan fingerprint density at radius 2 is 1.43 bits per heavy atom. The van der Waals surface area contributed by atoms with Gasteiger partial charge in [-0.1, -0.05) is 119 Å². The summed E-state index contributed by atoms with van der Waals surface area (Å²) in [5.41, 5.74) is 2.31. The highest BCUT2D eigenvalue weighted by molar-refractivity contribution is 5.93. The van der Waals surface area contributed by atoms with Crippen molar-refractivity contribution >= 4 is 34.6 Å². The van der Waals surface area contributed by atoms with Crippen LogP contribution in [0.1, 0.15) is 63.6 Å². The average molecular weight is 724 g/mol. The van der Waals surface area contributed by atoms with Crippen LogP contribution in [0.3, 0.4) is 0 Å². The number of carbonyl (C=O) groups excluding carboxylic acids is 4. The number of alkyl carbamates (subject to hydrolysis) is 1.